The number of anilines is 1. The van der Waals surface area contributed by atoms with Crippen LogP contribution in [0.25, 0.3) is 0 Å². The van der Waals surface area contributed by atoms with Gasteiger partial charge in [0.1, 0.15) is 0 Å². The zero-order valence-corrected chi connectivity index (χ0v) is 12.8. The highest BCUT2D eigenvalue weighted by atomic mass is 16.6. The maximum atomic E-state index is 11.0. The smallest absolute Gasteiger partial charge is 0.269 e. The highest BCUT2D eigenvalue weighted by molar-refractivity contribution is 5.56. The molecular formula is C15H24N4O2. The largest absolute Gasteiger partial charge is 0.385 e. The lowest BCUT2D eigenvalue weighted by Crippen LogP contribution is -2.43. The standard InChI is InChI=1S/C15H24N4O2/c1-3-6-16-15-5-4-14(19(20)21)11-13(15)12-18-9-7-17(2)8-10-18/h4-5,11,16H,3,6-10,12H2,1-2H3. The maximum Gasteiger partial charge on any atom is 0.269 e. The second kappa shape index (κ2) is 7.38. The molecule has 1 heterocycles. The summed E-state index contributed by atoms with van der Waals surface area (Å²) in [5.74, 6) is 0. The van der Waals surface area contributed by atoms with Crippen LogP contribution < -0.4 is 5.32 Å². The van der Waals surface area contributed by atoms with Crippen molar-refractivity contribution in [2.75, 3.05) is 45.1 Å². The molecule has 0 amide bonds. The van der Waals surface area contributed by atoms with Crippen LogP contribution in [-0.4, -0.2) is 54.5 Å². The van der Waals surface area contributed by atoms with E-state index in [1.807, 2.05) is 6.07 Å². The van der Waals surface area contributed by atoms with Crippen LogP contribution in [0.5, 0.6) is 0 Å². The number of benzene rings is 1. The van der Waals surface area contributed by atoms with E-state index < -0.39 is 0 Å². The molecule has 6 heteroatoms. The molecule has 1 fully saturated rings. The van der Waals surface area contributed by atoms with E-state index in [0.29, 0.717) is 0 Å². The van der Waals surface area contributed by atoms with Crippen molar-refractivity contribution in [3.63, 3.8) is 0 Å². The Morgan fingerprint density at radius 2 is 2.00 bits per heavy atom. The van der Waals surface area contributed by atoms with Crippen LogP contribution in [0.1, 0.15) is 18.9 Å². The van der Waals surface area contributed by atoms with Gasteiger partial charge >= 0.3 is 0 Å². The Morgan fingerprint density at radius 3 is 2.62 bits per heavy atom. The molecule has 1 saturated heterocycles. The molecule has 0 bridgehead atoms. The number of nitro groups is 1. The molecule has 1 aromatic rings. The minimum Gasteiger partial charge on any atom is -0.385 e. The van der Waals surface area contributed by atoms with Crippen LogP contribution in [0, 0.1) is 10.1 Å². The van der Waals surface area contributed by atoms with Crippen molar-refractivity contribution >= 4 is 11.4 Å². The summed E-state index contributed by atoms with van der Waals surface area (Å²) in [6.07, 6.45) is 1.03. The van der Waals surface area contributed by atoms with Gasteiger partial charge in [-0.05, 0) is 25.1 Å². The Morgan fingerprint density at radius 1 is 1.29 bits per heavy atom. The Bertz CT molecular complexity index is 485. The van der Waals surface area contributed by atoms with Crippen LogP contribution in [0.3, 0.4) is 0 Å². The molecule has 0 spiro atoms. The van der Waals surface area contributed by atoms with Gasteiger partial charge in [0.05, 0.1) is 4.92 Å². The summed E-state index contributed by atoms with van der Waals surface area (Å²) in [5, 5.41) is 14.3. The first-order chi connectivity index (χ1) is 10.1. The predicted molar refractivity (Wildman–Crippen MR) is 84.7 cm³/mol. The zero-order valence-electron chi connectivity index (χ0n) is 12.8. The Kier molecular flexibility index (Phi) is 5.52. The van der Waals surface area contributed by atoms with Gasteiger partial charge < -0.3 is 10.2 Å². The molecule has 1 aliphatic heterocycles. The summed E-state index contributed by atoms with van der Waals surface area (Å²) in [4.78, 5) is 15.3. The lowest BCUT2D eigenvalue weighted by molar-refractivity contribution is -0.384. The Hall–Kier alpha value is -1.66. The van der Waals surface area contributed by atoms with Crippen molar-refractivity contribution in [2.45, 2.75) is 19.9 Å². The third kappa shape index (κ3) is 4.41. The fraction of sp³-hybridized carbons (Fsp3) is 0.600. The fourth-order valence-corrected chi connectivity index (χ4v) is 2.50. The monoisotopic (exact) mass is 292 g/mol. The number of likely N-dealkylation sites (N-methyl/N-ethyl adjacent to an activating group) is 1. The molecule has 0 aliphatic carbocycles. The fourth-order valence-electron chi connectivity index (χ4n) is 2.50. The van der Waals surface area contributed by atoms with Gasteiger partial charge in [0.15, 0.2) is 0 Å². The molecule has 0 saturated carbocycles. The van der Waals surface area contributed by atoms with E-state index in [0.717, 1.165) is 56.9 Å². The summed E-state index contributed by atoms with van der Waals surface area (Å²) in [6, 6.07) is 5.11. The van der Waals surface area contributed by atoms with Crippen LogP contribution in [0.4, 0.5) is 11.4 Å². The third-order valence-electron chi connectivity index (χ3n) is 3.85. The number of hydrogen-bond donors (Lipinski definition) is 1. The number of non-ortho nitro benzene ring substituents is 1. The van der Waals surface area contributed by atoms with Crippen molar-refractivity contribution in [3.05, 3.63) is 33.9 Å². The summed E-state index contributed by atoms with van der Waals surface area (Å²) in [7, 11) is 2.12. The van der Waals surface area contributed by atoms with Crippen LogP contribution in [0.15, 0.2) is 18.2 Å². The van der Waals surface area contributed by atoms with Crippen molar-refractivity contribution in [1.82, 2.24) is 9.80 Å². The maximum absolute atomic E-state index is 11.0. The number of rotatable bonds is 6. The molecule has 6 nitrogen and oxygen atoms in total. The van der Waals surface area contributed by atoms with Crippen molar-refractivity contribution in [1.29, 1.82) is 0 Å². The van der Waals surface area contributed by atoms with Crippen molar-refractivity contribution in [3.8, 4) is 0 Å². The molecule has 1 aliphatic rings. The van der Waals surface area contributed by atoms with Gasteiger partial charge in [0.2, 0.25) is 0 Å². The van der Waals surface area contributed by atoms with Gasteiger partial charge in [0, 0.05) is 57.1 Å². The molecule has 21 heavy (non-hydrogen) atoms. The minimum absolute atomic E-state index is 0.168. The van der Waals surface area contributed by atoms with Gasteiger partial charge in [-0.25, -0.2) is 0 Å². The molecule has 116 valence electrons. The third-order valence-corrected chi connectivity index (χ3v) is 3.85. The van der Waals surface area contributed by atoms with E-state index in [1.165, 1.54) is 0 Å². The highest BCUT2D eigenvalue weighted by Gasteiger charge is 2.17. The van der Waals surface area contributed by atoms with Crippen molar-refractivity contribution < 1.29 is 4.92 Å². The summed E-state index contributed by atoms with van der Waals surface area (Å²) in [5.41, 5.74) is 2.20. The first-order valence-corrected chi connectivity index (χ1v) is 7.52. The van der Waals surface area contributed by atoms with Crippen molar-refractivity contribution in [2.24, 2.45) is 0 Å². The zero-order chi connectivity index (χ0) is 15.2. The van der Waals surface area contributed by atoms with Crippen LogP contribution in [0.2, 0.25) is 0 Å². The van der Waals surface area contributed by atoms with Gasteiger partial charge in [0.25, 0.3) is 5.69 Å². The number of hydrogen-bond acceptors (Lipinski definition) is 5. The predicted octanol–water partition coefficient (Wildman–Crippen LogP) is 2.16. The molecule has 1 aromatic carbocycles. The van der Waals surface area contributed by atoms with Gasteiger partial charge in [-0.3, -0.25) is 15.0 Å². The molecule has 0 atom stereocenters. The minimum atomic E-state index is -0.322. The van der Waals surface area contributed by atoms with E-state index in [4.69, 9.17) is 0 Å². The molecule has 0 radical (unpaired) electrons. The highest BCUT2D eigenvalue weighted by Crippen LogP contribution is 2.24. The van der Waals surface area contributed by atoms with E-state index in [-0.39, 0.29) is 10.6 Å². The first kappa shape index (κ1) is 15.7. The topological polar surface area (TPSA) is 61.7 Å². The normalized spacial score (nSPS) is 16.9. The van der Waals surface area contributed by atoms with Crippen LogP contribution >= 0.6 is 0 Å². The first-order valence-electron chi connectivity index (χ1n) is 7.52. The number of piperazine rings is 1. The van der Waals surface area contributed by atoms with Gasteiger partial charge in [-0.2, -0.15) is 0 Å². The molecular weight excluding hydrogens is 268 g/mol. The molecule has 1 N–H and O–H groups in total. The number of nitrogens with one attached hydrogen (secondary N) is 1. The summed E-state index contributed by atoms with van der Waals surface area (Å²) < 4.78 is 0. The average molecular weight is 292 g/mol. The van der Waals surface area contributed by atoms with E-state index in [1.54, 1.807) is 12.1 Å². The Labute approximate surface area is 125 Å². The molecule has 0 unspecified atom stereocenters. The van der Waals surface area contributed by atoms with E-state index in [9.17, 15) is 10.1 Å². The average Bonchev–Trinajstić information content (AvgIpc) is 2.48. The van der Waals surface area contributed by atoms with Gasteiger partial charge in [-0.1, -0.05) is 6.92 Å². The van der Waals surface area contributed by atoms with Crippen LogP contribution in [-0.2, 0) is 6.54 Å². The number of nitrogens with zero attached hydrogens (tertiary/aromatic N) is 3. The second-order valence-corrected chi connectivity index (χ2v) is 5.60. The number of nitro benzene ring substituents is 1. The van der Waals surface area contributed by atoms with E-state index in [2.05, 4.69) is 29.1 Å². The second-order valence-electron chi connectivity index (χ2n) is 5.60. The SMILES string of the molecule is CCCNc1ccc([N+](=O)[O-])cc1CN1CCN(C)CC1. The molecule has 2 rings (SSSR count). The lowest BCUT2D eigenvalue weighted by atomic mass is 10.1. The Balaban J connectivity index is 2.13. The summed E-state index contributed by atoms with van der Waals surface area (Å²) in [6.45, 7) is 7.87. The van der Waals surface area contributed by atoms with Gasteiger partial charge in [-0.15, -0.1) is 0 Å². The molecule has 0 aromatic heterocycles. The quantitative estimate of drug-likeness (QED) is 0.643. The van der Waals surface area contributed by atoms with E-state index >= 15 is 0 Å². The summed E-state index contributed by atoms with van der Waals surface area (Å²) >= 11 is 0. The lowest BCUT2D eigenvalue weighted by Gasteiger charge is -2.32.